The van der Waals surface area contributed by atoms with Crippen molar-refractivity contribution in [2.45, 2.75) is 47.6 Å². The standard InChI is InChI=1S/C20H35BrO3/c1-15(12-20(5,6)7)11-16(2)19(18(4)17(3)13-21)24-14-23-10-9-22-8/h11-12,18-19H,3,9-10,13-14H2,1-2,4-8H3/b15-12+,16-11+/t18-,19-/m0/s1. The molecule has 0 aromatic rings. The van der Waals surface area contributed by atoms with Gasteiger partial charge >= 0.3 is 0 Å². The number of alkyl halides is 1. The van der Waals surface area contributed by atoms with Crippen molar-refractivity contribution in [1.82, 2.24) is 0 Å². The van der Waals surface area contributed by atoms with Gasteiger partial charge in [-0.2, -0.15) is 0 Å². The van der Waals surface area contributed by atoms with Crippen molar-refractivity contribution in [3.8, 4) is 0 Å². The molecular formula is C20H35BrO3. The quantitative estimate of drug-likeness (QED) is 0.150. The summed E-state index contributed by atoms with van der Waals surface area (Å²) in [5, 5.41) is 0.767. The predicted molar refractivity (Wildman–Crippen MR) is 107 cm³/mol. The van der Waals surface area contributed by atoms with Gasteiger partial charge in [-0.25, -0.2) is 0 Å². The fourth-order valence-corrected chi connectivity index (χ4v) is 3.01. The van der Waals surface area contributed by atoms with Gasteiger partial charge in [-0.3, -0.25) is 0 Å². The van der Waals surface area contributed by atoms with Gasteiger partial charge < -0.3 is 14.2 Å². The molecule has 0 aliphatic carbocycles. The first-order valence-electron chi connectivity index (χ1n) is 8.42. The molecule has 0 fully saturated rings. The van der Waals surface area contributed by atoms with E-state index in [2.05, 4.69) is 76.2 Å². The lowest BCUT2D eigenvalue weighted by Crippen LogP contribution is -2.26. The van der Waals surface area contributed by atoms with E-state index in [0.29, 0.717) is 13.2 Å². The molecule has 0 unspecified atom stereocenters. The summed E-state index contributed by atoms with van der Waals surface area (Å²) in [5.74, 6) is 0.203. The second-order valence-electron chi connectivity index (χ2n) is 7.33. The summed E-state index contributed by atoms with van der Waals surface area (Å²) in [4.78, 5) is 0. The van der Waals surface area contributed by atoms with E-state index in [9.17, 15) is 0 Å². The van der Waals surface area contributed by atoms with Crippen LogP contribution in [0.2, 0.25) is 0 Å². The van der Waals surface area contributed by atoms with Gasteiger partial charge in [0.05, 0.1) is 19.3 Å². The van der Waals surface area contributed by atoms with Crippen molar-refractivity contribution in [2.24, 2.45) is 11.3 Å². The molecule has 0 aliphatic heterocycles. The minimum atomic E-state index is -0.0547. The van der Waals surface area contributed by atoms with Crippen LogP contribution in [0.15, 0.2) is 35.5 Å². The minimum Gasteiger partial charge on any atom is -0.382 e. The Morgan fingerprint density at radius 2 is 1.83 bits per heavy atom. The third kappa shape index (κ3) is 10.4. The van der Waals surface area contributed by atoms with Crippen LogP contribution in [0.1, 0.15) is 41.5 Å². The Morgan fingerprint density at radius 1 is 1.21 bits per heavy atom. The van der Waals surface area contributed by atoms with E-state index in [1.54, 1.807) is 7.11 Å². The molecule has 0 aromatic carbocycles. The number of hydrogen-bond donors (Lipinski definition) is 0. The van der Waals surface area contributed by atoms with E-state index in [0.717, 1.165) is 10.9 Å². The van der Waals surface area contributed by atoms with Gasteiger partial charge in [0.15, 0.2) is 0 Å². The van der Waals surface area contributed by atoms with Crippen molar-refractivity contribution < 1.29 is 14.2 Å². The number of ether oxygens (including phenoxy) is 3. The molecule has 2 atom stereocenters. The Labute approximate surface area is 157 Å². The Balaban J connectivity index is 5.08. The molecule has 0 heterocycles. The summed E-state index contributed by atoms with van der Waals surface area (Å²) < 4.78 is 16.5. The smallest absolute Gasteiger partial charge is 0.147 e. The summed E-state index contributed by atoms with van der Waals surface area (Å²) in [6, 6.07) is 0. The third-order valence-electron chi connectivity index (χ3n) is 3.60. The highest BCUT2D eigenvalue weighted by molar-refractivity contribution is 9.09. The van der Waals surface area contributed by atoms with Crippen molar-refractivity contribution >= 4 is 15.9 Å². The van der Waals surface area contributed by atoms with Crippen LogP contribution in [0.25, 0.3) is 0 Å². The van der Waals surface area contributed by atoms with Crippen LogP contribution in [0.3, 0.4) is 0 Å². The molecule has 0 aliphatic rings. The molecule has 24 heavy (non-hydrogen) atoms. The van der Waals surface area contributed by atoms with E-state index in [1.807, 2.05) is 0 Å². The topological polar surface area (TPSA) is 27.7 Å². The molecular weight excluding hydrogens is 368 g/mol. The number of methoxy groups -OCH3 is 1. The normalized spacial score (nSPS) is 16.2. The van der Waals surface area contributed by atoms with Gasteiger partial charge in [-0.05, 0) is 24.8 Å². The summed E-state index contributed by atoms with van der Waals surface area (Å²) in [6.07, 6.45) is 4.41. The van der Waals surface area contributed by atoms with E-state index in [1.165, 1.54) is 11.1 Å². The Kier molecular flexibility index (Phi) is 11.8. The van der Waals surface area contributed by atoms with Gasteiger partial charge in [-0.1, -0.05) is 73.5 Å². The Hall–Kier alpha value is -0.420. The van der Waals surface area contributed by atoms with Crippen LogP contribution < -0.4 is 0 Å². The van der Waals surface area contributed by atoms with Crippen LogP contribution in [-0.4, -0.2) is 38.6 Å². The highest BCUT2D eigenvalue weighted by Crippen LogP contribution is 2.26. The van der Waals surface area contributed by atoms with Crippen molar-refractivity contribution in [3.63, 3.8) is 0 Å². The molecule has 0 aromatic heterocycles. The SMILES string of the molecule is C=C(CBr)[C@H](C)[C@@H](OCOCCOC)/C(C)=C/C(C)=C/C(C)(C)C. The maximum Gasteiger partial charge on any atom is 0.147 e. The fraction of sp³-hybridized carbons (Fsp3) is 0.700. The minimum absolute atomic E-state index is 0.0547. The zero-order chi connectivity index (χ0) is 18.8. The highest BCUT2D eigenvalue weighted by atomic mass is 79.9. The maximum atomic E-state index is 6.01. The van der Waals surface area contributed by atoms with Crippen molar-refractivity contribution in [1.29, 1.82) is 0 Å². The van der Waals surface area contributed by atoms with Gasteiger partial charge in [0.25, 0.3) is 0 Å². The van der Waals surface area contributed by atoms with Gasteiger partial charge in [0.2, 0.25) is 0 Å². The molecule has 0 spiro atoms. The van der Waals surface area contributed by atoms with E-state index < -0.39 is 0 Å². The average Bonchev–Trinajstić information content (AvgIpc) is 2.47. The lowest BCUT2D eigenvalue weighted by atomic mass is 9.90. The molecule has 0 N–H and O–H groups in total. The monoisotopic (exact) mass is 402 g/mol. The first-order valence-corrected chi connectivity index (χ1v) is 9.54. The molecule has 0 saturated heterocycles. The lowest BCUT2D eigenvalue weighted by Gasteiger charge is -2.26. The summed E-state index contributed by atoms with van der Waals surface area (Å²) in [7, 11) is 1.66. The summed E-state index contributed by atoms with van der Waals surface area (Å²) in [6.45, 7) is 18.5. The zero-order valence-corrected chi connectivity index (χ0v) is 18.0. The molecule has 3 nitrogen and oxygen atoms in total. The Morgan fingerprint density at radius 3 is 2.33 bits per heavy atom. The number of halogens is 1. The lowest BCUT2D eigenvalue weighted by molar-refractivity contribution is -0.0962. The highest BCUT2D eigenvalue weighted by Gasteiger charge is 2.22. The van der Waals surface area contributed by atoms with Crippen LogP contribution in [0.4, 0.5) is 0 Å². The zero-order valence-electron chi connectivity index (χ0n) is 16.4. The average molecular weight is 403 g/mol. The third-order valence-corrected chi connectivity index (χ3v) is 4.32. The van der Waals surface area contributed by atoms with Crippen molar-refractivity contribution in [3.05, 3.63) is 35.5 Å². The van der Waals surface area contributed by atoms with Crippen LogP contribution in [-0.2, 0) is 14.2 Å². The predicted octanol–water partition coefficient (Wildman–Crippen LogP) is 5.52. The second-order valence-corrected chi connectivity index (χ2v) is 7.89. The van der Waals surface area contributed by atoms with Crippen molar-refractivity contribution in [2.75, 3.05) is 32.4 Å². The van der Waals surface area contributed by atoms with Gasteiger partial charge in [0, 0.05) is 18.4 Å². The van der Waals surface area contributed by atoms with E-state index >= 15 is 0 Å². The van der Waals surface area contributed by atoms with Crippen LogP contribution in [0, 0.1) is 11.3 Å². The molecule has 0 radical (unpaired) electrons. The summed E-state index contributed by atoms with van der Waals surface area (Å²) >= 11 is 3.49. The molecule has 4 heteroatoms. The van der Waals surface area contributed by atoms with Gasteiger partial charge in [-0.15, -0.1) is 0 Å². The van der Waals surface area contributed by atoms with E-state index in [-0.39, 0.29) is 24.2 Å². The Bertz CT molecular complexity index is 433. The molecule has 0 amide bonds. The van der Waals surface area contributed by atoms with Crippen LogP contribution >= 0.6 is 15.9 Å². The molecule has 0 saturated carbocycles. The second kappa shape index (κ2) is 12.0. The van der Waals surface area contributed by atoms with E-state index in [4.69, 9.17) is 14.2 Å². The number of allylic oxidation sites excluding steroid dienone is 3. The molecule has 140 valence electrons. The first-order chi connectivity index (χ1) is 11.1. The maximum absolute atomic E-state index is 6.01. The largest absolute Gasteiger partial charge is 0.382 e. The first kappa shape index (κ1) is 23.6. The van der Waals surface area contributed by atoms with Gasteiger partial charge in [0.1, 0.15) is 6.79 Å². The van der Waals surface area contributed by atoms with Crippen LogP contribution in [0.5, 0.6) is 0 Å². The molecule has 0 bridgehead atoms. The fourth-order valence-electron chi connectivity index (χ4n) is 2.49. The summed E-state index contributed by atoms with van der Waals surface area (Å²) in [5.41, 5.74) is 3.69. The number of rotatable bonds is 11. The molecule has 0 rings (SSSR count). The number of hydrogen-bond acceptors (Lipinski definition) is 3.